The van der Waals surface area contributed by atoms with E-state index >= 15 is 0 Å². The minimum atomic E-state index is -3.20. The Hall–Kier alpha value is -0.990. The molecule has 0 aliphatic heterocycles. The number of hydrogen-bond donors (Lipinski definition) is 1. The minimum Gasteiger partial charge on any atom is -0.376 e. The Labute approximate surface area is 107 Å². The highest BCUT2D eigenvalue weighted by molar-refractivity contribution is 7.89. The van der Waals surface area contributed by atoms with Crippen LogP contribution in [0.5, 0.6) is 0 Å². The molecule has 0 spiro atoms. The van der Waals surface area contributed by atoms with Crippen molar-refractivity contribution < 1.29 is 17.7 Å². The van der Waals surface area contributed by atoms with Crippen LogP contribution >= 0.6 is 0 Å². The lowest BCUT2D eigenvalue weighted by atomic mass is 10.1. The molecule has 8 heteroatoms. The van der Waals surface area contributed by atoms with Gasteiger partial charge in [0.25, 0.3) is 0 Å². The zero-order valence-corrected chi connectivity index (χ0v) is 11.8. The average Bonchev–Trinajstić information content (AvgIpc) is 2.61. The van der Waals surface area contributed by atoms with E-state index < -0.39 is 15.4 Å². The standard InChI is InChI=1S/C10H19N3O4S/c1-7(2)16-6-10(3,11)9-12-8(17-13-9)5-18(4,14)15/h7H,5-6,11H2,1-4H3. The molecule has 18 heavy (non-hydrogen) atoms. The molecule has 1 aromatic rings. The highest BCUT2D eigenvalue weighted by Gasteiger charge is 2.28. The molecule has 0 saturated heterocycles. The van der Waals surface area contributed by atoms with Crippen LogP contribution in [0.3, 0.4) is 0 Å². The van der Waals surface area contributed by atoms with E-state index in [1.165, 1.54) is 0 Å². The third-order valence-electron chi connectivity index (χ3n) is 2.08. The van der Waals surface area contributed by atoms with Crippen LogP contribution < -0.4 is 5.73 Å². The lowest BCUT2D eigenvalue weighted by Gasteiger charge is -2.21. The molecule has 1 unspecified atom stereocenters. The Kier molecular flexibility index (Phi) is 4.46. The molecule has 0 aliphatic rings. The molecular weight excluding hydrogens is 258 g/mol. The molecule has 0 radical (unpaired) electrons. The van der Waals surface area contributed by atoms with E-state index in [1.54, 1.807) is 6.92 Å². The van der Waals surface area contributed by atoms with Crippen LogP contribution in [0.2, 0.25) is 0 Å². The molecule has 0 aromatic carbocycles. The predicted molar refractivity (Wildman–Crippen MR) is 65.5 cm³/mol. The maximum absolute atomic E-state index is 11.1. The molecule has 1 aromatic heterocycles. The highest BCUT2D eigenvalue weighted by atomic mass is 32.2. The molecule has 0 bridgehead atoms. The maximum Gasteiger partial charge on any atom is 0.241 e. The van der Waals surface area contributed by atoms with Crippen molar-refractivity contribution >= 4 is 9.84 Å². The van der Waals surface area contributed by atoms with Gasteiger partial charge in [0.05, 0.1) is 12.7 Å². The minimum absolute atomic E-state index is 0.0359. The van der Waals surface area contributed by atoms with Gasteiger partial charge < -0.3 is 15.0 Å². The van der Waals surface area contributed by atoms with Crippen LogP contribution in [0.25, 0.3) is 0 Å². The smallest absolute Gasteiger partial charge is 0.241 e. The van der Waals surface area contributed by atoms with Gasteiger partial charge in [0.2, 0.25) is 5.89 Å². The van der Waals surface area contributed by atoms with Gasteiger partial charge in [-0.25, -0.2) is 8.42 Å². The molecular formula is C10H19N3O4S. The third kappa shape index (κ3) is 4.71. The van der Waals surface area contributed by atoms with Crippen molar-refractivity contribution in [3.05, 3.63) is 11.7 Å². The number of aromatic nitrogens is 2. The highest BCUT2D eigenvalue weighted by Crippen LogP contribution is 2.16. The Morgan fingerprint density at radius 3 is 2.61 bits per heavy atom. The van der Waals surface area contributed by atoms with Crippen LogP contribution in [-0.2, 0) is 25.9 Å². The van der Waals surface area contributed by atoms with Crippen LogP contribution in [-0.4, -0.2) is 37.5 Å². The molecule has 7 nitrogen and oxygen atoms in total. The molecule has 1 heterocycles. The van der Waals surface area contributed by atoms with E-state index in [0.29, 0.717) is 0 Å². The van der Waals surface area contributed by atoms with Gasteiger partial charge in [-0.05, 0) is 20.8 Å². The van der Waals surface area contributed by atoms with E-state index in [9.17, 15) is 8.42 Å². The quantitative estimate of drug-likeness (QED) is 0.791. The van der Waals surface area contributed by atoms with Crippen LogP contribution in [0, 0.1) is 0 Å². The van der Waals surface area contributed by atoms with Gasteiger partial charge in [0, 0.05) is 6.26 Å². The van der Waals surface area contributed by atoms with Crippen molar-refractivity contribution in [2.45, 2.75) is 38.2 Å². The summed E-state index contributed by atoms with van der Waals surface area (Å²) in [6, 6.07) is 0. The molecule has 2 N–H and O–H groups in total. The van der Waals surface area contributed by atoms with Crippen molar-refractivity contribution in [2.75, 3.05) is 12.9 Å². The fourth-order valence-corrected chi connectivity index (χ4v) is 1.74. The first-order valence-corrected chi connectivity index (χ1v) is 7.57. The van der Waals surface area contributed by atoms with Gasteiger partial charge >= 0.3 is 0 Å². The summed E-state index contributed by atoms with van der Waals surface area (Å²) in [7, 11) is -3.20. The van der Waals surface area contributed by atoms with Gasteiger partial charge in [-0.2, -0.15) is 4.98 Å². The van der Waals surface area contributed by atoms with Gasteiger partial charge in [0.1, 0.15) is 11.3 Å². The SMILES string of the molecule is CC(C)OCC(C)(N)c1noc(CS(C)(=O)=O)n1. The monoisotopic (exact) mass is 277 g/mol. The van der Waals surface area contributed by atoms with Gasteiger partial charge in [-0.1, -0.05) is 5.16 Å². The number of nitrogens with two attached hydrogens (primary N) is 1. The summed E-state index contributed by atoms with van der Waals surface area (Å²) in [5.41, 5.74) is 5.09. The fourth-order valence-electron chi connectivity index (χ4n) is 1.17. The second-order valence-corrected chi connectivity index (χ2v) is 7.00. The first kappa shape index (κ1) is 15.1. The summed E-state index contributed by atoms with van der Waals surface area (Å²) >= 11 is 0. The number of rotatable bonds is 6. The summed E-state index contributed by atoms with van der Waals surface area (Å²) in [5.74, 6) is -0.0169. The number of nitrogens with zero attached hydrogens (tertiary/aromatic N) is 2. The van der Waals surface area contributed by atoms with Crippen molar-refractivity contribution in [1.29, 1.82) is 0 Å². The predicted octanol–water partition coefficient (Wildman–Crippen LogP) is 0.213. The summed E-state index contributed by atoms with van der Waals surface area (Å²) in [6.07, 6.45) is 1.13. The molecule has 0 aliphatic carbocycles. The van der Waals surface area contributed by atoms with E-state index in [4.69, 9.17) is 15.0 Å². The molecule has 1 rings (SSSR count). The van der Waals surface area contributed by atoms with E-state index in [-0.39, 0.29) is 30.2 Å². The fraction of sp³-hybridized carbons (Fsp3) is 0.800. The van der Waals surface area contributed by atoms with Crippen molar-refractivity contribution in [3.8, 4) is 0 Å². The van der Waals surface area contributed by atoms with Gasteiger partial charge in [0.15, 0.2) is 15.7 Å². The van der Waals surface area contributed by atoms with E-state index in [0.717, 1.165) is 6.26 Å². The van der Waals surface area contributed by atoms with Crippen LogP contribution in [0.15, 0.2) is 4.52 Å². The number of ether oxygens (including phenoxy) is 1. The average molecular weight is 277 g/mol. The molecule has 104 valence electrons. The van der Waals surface area contributed by atoms with Crippen molar-refractivity contribution in [1.82, 2.24) is 10.1 Å². The summed E-state index contributed by atoms with van der Waals surface area (Å²) in [4.78, 5) is 3.98. The lowest BCUT2D eigenvalue weighted by molar-refractivity contribution is 0.0410. The summed E-state index contributed by atoms with van der Waals surface area (Å²) in [5, 5.41) is 3.69. The topological polar surface area (TPSA) is 108 Å². The largest absolute Gasteiger partial charge is 0.376 e. The Bertz CT molecular complexity index is 493. The Morgan fingerprint density at radius 2 is 2.11 bits per heavy atom. The lowest BCUT2D eigenvalue weighted by Crippen LogP contribution is -2.40. The maximum atomic E-state index is 11.1. The molecule has 0 amide bonds. The van der Waals surface area contributed by atoms with Gasteiger partial charge in [-0.15, -0.1) is 0 Å². The summed E-state index contributed by atoms with van der Waals surface area (Å²) < 4.78 is 32.4. The Morgan fingerprint density at radius 1 is 1.50 bits per heavy atom. The van der Waals surface area contributed by atoms with Crippen molar-refractivity contribution in [3.63, 3.8) is 0 Å². The first-order chi connectivity index (χ1) is 8.10. The second-order valence-electron chi connectivity index (χ2n) is 4.86. The van der Waals surface area contributed by atoms with Crippen molar-refractivity contribution in [2.24, 2.45) is 5.73 Å². The zero-order valence-electron chi connectivity index (χ0n) is 11.0. The van der Waals surface area contributed by atoms with Gasteiger partial charge in [-0.3, -0.25) is 0 Å². The van der Waals surface area contributed by atoms with E-state index in [2.05, 4.69) is 10.1 Å². The zero-order chi connectivity index (χ0) is 14.0. The third-order valence-corrected chi connectivity index (χ3v) is 2.85. The van der Waals surface area contributed by atoms with Crippen LogP contribution in [0.1, 0.15) is 32.5 Å². The molecule has 0 fully saturated rings. The Balaban J connectivity index is 2.78. The normalized spacial score (nSPS) is 15.9. The molecule has 0 saturated carbocycles. The van der Waals surface area contributed by atoms with E-state index in [1.807, 2.05) is 13.8 Å². The van der Waals surface area contributed by atoms with Crippen LogP contribution in [0.4, 0.5) is 0 Å². The molecule has 1 atom stereocenters. The summed E-state index contributed by atoms with van der Waals surface area (Å²) in [6.45, 7) is 5.70. The number of sulfone groups is 1. The first-order valence-electron chi connectivity index (χ1n) is 5.51. The second kappa shape index (κ2) is 5.33. The number of hydrogen-bond acceptors (Lipinski definition) is 7.